The Morgan fingerprint density at radius 2 is 2.00 bits per heavy atom. The first-order valence-electron chi connectivity index (χ1n) is 12.1. The van der Waals surface area contributed by atoms with E-state index < -0.39 is 11.4 Å². The Hall–Kier alpha value is -0.940. The summed E-state index contributed by atoms with van der Waals surface area (Å²) in [5.41, 5.74) is 1.93. The third-order valence-electron chi connectivity index (χ3n) is 9.05. The maximum absolute atomic E-state index is 11.5. The van der Waals surface area contributed by atoms with Crippen LogP contribution in [0.3, 0.4) is 0 Å². The van der Waals surface area contributed by atoms with Crippen molar-refractivity contribution in [1.29, 1.82) is 0 Å². The van der Waals surface area contributed by atoms with Crippen LogP contribution in [0.15, 0.2) is 35.5 Å². The van der Waals surface area contributed by atoms with Crippen molar-refractivity contribution in [1.82, 2.24) is 0 Å². The predicted octanol–water partition coefficient (Wildman–Crippen LogP) is 5.63. The molecule has 1 aliphatic heterocycles. The Morgan fingerprint density at radius 1 is 1.26 bits per heavy atom. The highest BCUT2D eigenvalue weighted by Gasteiger charge is 2.68. The number of ether oxygens (including phenoxy) is 3. The molecule has 4 heteroatoms. The van der Waals surface area contributed by atoms with Gasteiger partial charge >= 0.3 is 0 Å². The van der Waals surface area contributed by atoms with Crippen LogP contribution in [0.4, 0.5) is 0 Å². The predicted molar refractivity (Wildman–Crippen MR) is 123 cm³/mol. The highest BCUT2D eigenvalue weighted by molar-refractivity contribution is 5.28. The zero-order chi connectivity index (χ0) is 22.6. The number of rotatable bonds is 5. The van der Waals surface area contributed by atoms with Crippen LogP contribution in [-0.2, 0) is 14.2 Å². The van der Waals surface area contributed by atoms with Crippen LogP contribution in [0.25, 0.3) is 0 Å². The Labute approximate surface area is 188 Å². The van der Waals surface area contributed by atoms with Gasteiger partial charge in [-0.25, -0.2) is 0 Å². The van der Waals surface area contributed by atoms with E-state index in [-0.39, 0.29) is 23.5 Å². The molecule has 4 nitrogen and oxygen atoms in total. The van der Waals surface area contributed by atoms with Gasteiger partial charge in [0.2, 0.25) is 0 Å². The van der Waals surface area contributed by atoms with E-state index in [1.165, 1.54) is 24.0 Å². The monoisotopic (exact) mass is 430 g/mol. The maximum Gasteiger partial charge on any atom is 0.183 e. The molecule has 9 atom stereocenters. The standard InChI is InChI=1S/C27H42O4/c1-17(2)9-8-10-18(3)19-13-14-25(4)15-22-23-20(11-12-21(19)25)24(29-6)31-27(23,30-7)16-26(22,5)28/h8-11,18-19,21-24,28H,12-16H2,1-7H3/b10-8-,20-11?/t18-,19+,21-,22-,23-,24-,25+,26+,27+/m0/s1. The number of hydrogen-bond acceptors (Lipinski definition) is 4. The second-order valence-corrected chi connectivity index (χ2v) is 11.4. The van der Waals surface area contributed by atoms with Crippen molar-refractivity contribution in [3.63, 3.8) is 0 Å². The normalized spacial score (nSPS) is 47.5. The van der Waals surface area contributed by atoms with Crippen LogP contribution >= 0.6 is 0 Å². The van der Waals surface area contributed by atoms with Gasteiger partial charge in [-0.05, 0) is 81.1 Å². The minimum atomic E-state index is -0.809. The zero-order valence-electron chi connectivity index (χ0n) is 20.5. The highest BCUT2D eigenvalue weighted by Crippen LogP contribution is 2.65. The van der Waals surface area contributed by atoms with Crippen molar-refractivity contribution < 1.29 is 19.3 Å². The van der Waals surface area contributed by atoms with Crippen molar-refractivity contribution in [3.8, 4) is 0 Å². The number of methoxy groups -OCH3 is 2. The zero-order valence-corrected chi connectivity index (χ0v) is 20.5. The van der Waals surface area contributed by atoms with Gasteiger partial charge in [0.15, 0.2) is 12.1 Å². The van der Waals surface area contributed by atoms with Crippen LogP contribution in [-0.4, -0.2) is 37.0 Å². The molecule has 0 aromatic rings. The van der Waals surface area contributed by atoms with Crippen molar-refractivity contribution >= 4 is 0 Å². The van der Waals surface area contributed by atoms with Crippen molar-refractivity contribution in [2.45, 2.75) is 84.4 Å². The van der Waals surface area contributed by atoms with Crippen molar-refractivity contribution in [3.05, 3.63) is 35.5 Å². The van der Waals surface area contributed by atoms with E-state index in [1.54, 1.807) is 14.2 Å². The number of hydrogen-bond donors (Lipinski definition) is 1. The molecule has 31 heavy (non-hydrogen) atoms. The van der Waals surface area contributed by atoms with E-state index in [0.717, 1.165) is 12.8 Å². The lowest BCUT2D eigenvalue weighted by Crippen LogP contribution is -2.40. The molecule has 0 bridgehead atoms. The van der Waals surface area contributed by atoms with Crippen LogP contribution in [0.5, 0.6) is 0 Å². The molecule has 1 heterocycles. The molecule has 4 rings (SSSR count). The second kappa shape index (κ2) is 8.13. The maximum atomic E-state index is 11.5. The summed E-state index contributed by atoms with van der Waals surface area (Å²) >= 11 is 0. The third-order valence-corrected chi connectivity index (χ3v) is 9.05. The molecule has 0 unspecified atom stereocenters. The van der Waals surface area contributed by atoms with Gasteiger partial charge in [-0.15, -0.1) is 0 Å². The highest BCUT2D eigenvalue weighted by atomic mass is 16.8. The molecule has 174 valence electrons. The van der Waals surface area contributed by atoms with E-state index >= 15 is 0 Å². The van der Waals surface area contributed by atoms with Gasteiger partial charge in [-0.3, -0.25) is 0 Å². The van der Waals surface area contributed by atoms with Crippen molar-refractivity contribution in [2.24, 2.45) is 35.0 Å². The van der Waals surface area contributed by atoms with Crippen LogP contribution < -0.4 is 0 Å². The lowest BCUT2D eigenvalue weighted by molar-refractivity contribution is -0.265. The summed E-state index contributed by atoms with van der Waals surface area (Å²) < 4.78 is 18.1. The molecule has 0 aromatic carbocycles. The first-order chi connectivity index (χ1) is 14.6. The Morgan fingerprint density at radius 3 is 2.65 bits per heavy atom. The van der Waals surface area contributed by atoms with E-state index in [2.05, 4.69) is 52.0 Å². The molecule has 4 aliphatic rings. The number of allylic oxidation sites excluding steroid dienone is 5. The van der Waals surface area contributed by atoms with Gasteiger partial charge in [-0.1, -0.05) is 43.7 Å². The fourth-order valence-electron chi connectivity index (χ4n) is 7.47. The Balaban J connectivity index is 1.69. The average Bonchev–Trinajstić information content (AvgIpc) is 3.23. The minimum absolute atomic E-state index is 0.0595. The lowest BCUT2D eigenvalue weighted by Gasteiger charge is -2.43. The molecule has 0 spiro atoms. The molecule has 3 fully saturated rings. The van der Waals surface area contributed by atoms with Gasteiger partial charge in [0.05, 0.1) is 5.60 Å². The summed E-state index contributed by atoms with van der Waals surface area (Å²) in [6.45, 7) is 11.1. The summed E-state index contributed by atoms with van der Waals surface area (Å²) in [6, 6.07) is 0. The van der Waals surface area contributed by atoms with Gasteiger partial charge in [-0.2, -0.15) is 0 Å². The summed E-state index contributed by atoms with van der Waals surface area (Å²) in [5, 5.41) is 11.5. The summed E-state index contributed by atoms with van der Waals surface area (Å²) in [6.07, 6.45) is 13.9. The van der Waals surface area contributed by atoms with E-state index in [9.17, 15) is 5.11 Å². The van der Waals surface area contributed by atoms with Crippen LogP contribution in [0, 0.1) is 35.0 Å². The lowest BCUT2D eigenvalue weighted by atomic mass is 9.62. The number of fused-ring (bicyclic) bond motifs is 1. The third kappa shape index (κ3) is 3.78. The SMILES string of the molecule is CO[C@H]1O[C@]2(OC)C[C@@](C)(O)[C@H]3C[C@@]4(C)CC[C@H]([C@@H](C)/C=C\C=C(C)C)[C@@H]4CC=C1[C@@H]32. The molecule has 0 radical (unpaired) electrons. The Kier molecular flexibility index (Phi) is 6.09. The quantitative estimate of drug-likeness (QED) is 0.454. The summed E-state index contributed by atoms with van der Waals surface area (Å²) in [5.74, 6) is 1.19. The molecule has 2 saturated carbocycles. The van der Waals surface area contributed by atoms with E-state index in [4.69, 9.17) is 14.2 Å². The molecule has 1 N–H and O–H groups in total. The molecule has 3 aliphatic carbocycles. The minimum Gasteiger partial charge on any atom is -0.390 e. The van der Waals surface area contributed by atoms with Crippen molar-refractivity contribution in [2.75, 3.05) is 14.2 Å². The molecular weight excluding hydrogens is 388 g/mol. The van der Waals surface area contributed by atoms with E-state index in [1.807, 2.05) is 6.92 Å². The molecule has 0 aromatic heterocycles. The van der Waals surface area contributed by atoms with Crippen LogP contribution in [0.1, 0.15) is 66.7 Å². The summed E-state index contributed by atoms with van der Waals surface area (Å²) in [7, 11) is 3.42. The Bertz CT molecular complexity index is 776. The topological polar surface area (TPSA) is 47.9 Å². The van der Waals surface area contributed by atoms with Crippen LogP contribution in [0.2, 0.25) is 0 Å². The number of aliphatic hydroxyl groups is 1. The van der Waals surface area contributed by atoms with Gasteiger partial charge < -0.3 is 19.3 Å². The first-order valence-corrected chi connectivity index (χ1v) is 12.1. The fraction of sp³-hybridized carbons (Fsp3) is 0.778. The summed E-state index contributed by atoms with van der Waals surface area (Å²) in [4.78, 5) is 0. The fourth-order valence-corrected chi connectivity index (χ4v) is 7.47. The molecule has 1 saturated heterocycles. The second-order valence-electron chi connectivity index (χ2n) is 11.4. The molecular formula is C27H42O4. The average molecular weight is 431 g/mol. The van der Waals surface area contributed by atoms with Gasteiger partial charge in [0.1, 0.15) is 0 Å². The first kappa shape index (κ1) is 23.2. The van der Waals surface area contributed by atoms with Gasteiger partial charge in [0.25, 0.3) is 0 Å². The smallest absolute Gasteiger partial charge is 0.183 e. The van der Waals surface area contributed by atoms with Gasteiger partial charge in [0, 0.05) is 26.6 Å². The molecule has 0 amide bonds. The van der Waals surface area contributed by atoms with E-state index in [0.29, 0.717) is 24.2 Å². The largest absolute Gasteiger partial charge is 0.390 e.